The van der Waals surface area contributed by atoms with E-state index < -0.39 is 5.91 Å². The third kappa shape index (κ3) is 2.33. The molecule has 0 aliphatic carbocycles. The van der Waals surface area contributed by atoms with Crippen LogP contribution in [0.25, 0.3) is 10.9 Å². The number of phenols is 1. The number of pyridine rings is 1. The van der Waals surface area contributed by atoms with E-state index in [9.17, 15) is 14.7 Å². The van der Waals surface area contributed by atoms with Gasteiger partial charge in [-0.25, -0.2) is 0 Å². The van der Waals surface area contributed by atoms with Gasteiger partial charge in [0.2, 0.25) is 0 Å². The molecule has 0 aliphatic heterocycles. The molecule has 0 atom stereocenters. The Morgan fingerprint density at radius 1 is 1.09 bits per heavy atom. The van der Waals surface area contributed by atoms with E-state index in [4.69, 9.17) is 0 Å². The summed E-state index contributed by atoms with van der Waals surface area (Å²) in [6.07, 6.45) is 0. The Labute approximate surface area is 126 Å². The average molecular weight is 294 g/mol. The molecular weight excluding hydrogens is 280 g/mol. The van der Waals surface area contributed by atoms with Gasteiger partial charge in [-0.2, -0.15) is 0 Å². The van der Waals surface area contributed by atoms with E-state index in [1.54, 1.807) is 31.3 Å². The molecular formula is C17H14N2O3. The minimum Gasteiger partial charge on any atom is -0.506 e. The lowest BCUT2D eigenvalue weighted by Gasteiger charge is -2.10. The number of nitrogens with one attached hydrogen (secondary N) is 1. The zero-order valence-corrected chi connectivity index (χ0v) is 11.9. The topological polar surface area (TPSA) is 71.3 Å². The summed E-state index contributed by atoms with van der Waals surface area (Å²) in [5.41, 5.74) is 0.672. The monoisotopic (exact) mass is 294 g/mol. The molecule has 1 heterocycles. The van der Waals surface area contributed by atoms with Gasteiger partial charge >= 0.3 is 0 Å². The van der Waals surface area contributed by atoms with Gasteiger partial charge in [-0.1, -0.05) is 30.3 Å². The highest BCUT2D eigenvalue weighted by Gasteiger charge is 2.15. The van der Waals surface area contributed by atoms with Crippen LogP contribution in [0.15, 0.2) is 59.4 Å². The maximum absolute atomic E-state index is 12.3. The smallest absolute Gasteiger partial charge is 0.263 e. The number of benzene rings is 2. The fraction of sp³-hybridized carbons (Fsp3) is 0.0588. The zero-order chi connectivity index (χ0) is 15.7. The standard InChI is InChI=1S/C17H14N2O3/c1-19-14-8-4-2-6-11(14)10-12(17(19)22)16(21)18-13-7-3-5-9-15(13)20/h2-10,20H,1H3,(H,18,21). The van der Waals surface area contributed by atoms with Crippen LogP contribution in [0.5, 0.6) is 5.75 Å². The van der Waals surface area contributed by atoms with Gasteiger partial charge < -0.3 is 15.0 Å². The first-order chi connectivity index (χ1) is 10.6. The molecule has 0 radical (unpaired) electrons. The number of carbonyl (C=O) groups excluding carboxylic acids is 1. The molecule has 2 N–H and O–H groups in total. The zero-order valence-electron chi connectivity index (χ0n) is 11.9. The lowest BCUT2D eigenvalue weighted by atomic mass is 10.1. The third-order valence-electron chi connectivity index (χ3n) is 3.53. The predicted octanol–water partition coefficient (Wildman–Crippen LogP) is 2.50. The summed E-state index contributed by atoms with van der Waals surface area (Å²) in [6.45, 7) is 0. The number of phenolic OH excluding ortho intramolecular Hbond substituents is 1. The van der Waals surface area contributed by atoms with Crippen molar-refractivity contribution in [1.82, 2.24) is 4.57 Å². The molecule has 0 saturated heterocycles. The van der Waals surface area contributed by atoms with Crippen LogP contribution in [-0.2, 0) is 7.05 Å². The number of fused-ring (bicyclic) bond motifs is 1. The molecule has 0 saturated carbocycles. The van der Waals surface area contributed by atoms with Crippen LogP contribution in [0.2, 0.25) is 0 Å². The number of aromatic nitrogens is 1. The molecule has 0 aliphatic rings. The van der Waals surface area contributed by atoms with Crippen LogP contribution in [0.3, 0.4) is 0 Å². The first-order valence-electron chi connectivity index (χ1n) is 6.76. The van der Waals surface area contributed by atoms with Crippen LogP contribution >= 0.6 is 0 Å². The van der Waals surface area contributed by atoms with Crippen molar-refractivity contribution in [2.75, 3.05) is 5.32 Å². The Bertz CT molecular complexity index is 929. The number of aromatic hydroxyl groups is 1. The Morgan fingerprint density at radius 3 is 2.55 bits per heavy atom. The van der Waals surface area contributed by atoms with E-state index in [1.165, 1.54) is 10.6 Å². The Kier molecular flexibility index (Phi) is 3.39. The highest BCUT2D eigenvalue weighted by Crippen LogP contribution is 2.22. The molecule has 0 bridgehead atoms. The highest BCUT2D eigenvalue weighted by molar-refractivity contribution is 6.06. The minimum absolute atomic E-state index is 0.0319. The van der Waals surface area contributed by atoms with Crippen molar-refractivity contribution in [3.63, 3.8) is 0 Å². The quantitative estimate of drug-likeness (QED) is 0.713. The fourth-order valence-corrected chi connectivity index (χ4v) is 2.35. The number of nitrogens with zero attached hydrogens (tertiary/aromatic N) is 1. The second kappa shape index (κ2) is 5.37. The van der Waals surface area contributed by atoms with Crippen LogP contribution in [0.4, 0.5) is 5.69 Å². The summed E-state index contributed by atoms with van der Waals surface area (Å²) < 4.78 is 1.44. The van der Waals surface area contributed by atoms with E-state index in [2.05, 4.69) is 5.32 Å². The number of hydrogen-bond donors (Lipinski definition) is 2. The van der Waals surface area contributed by atoms with Crippen molar-refractivity contribution in [3.05, 3.63) is 70.5 Å². The largest absolute Gasteiger partial charge is 0.506 e. The molecule has 3 aromatic rings. The molecule has 1 aromatic heterocycles. The normalized spacial score (nSPS) is 10.6. The fourth-order valence-electron chi connectivity index (χ4n) is 2.35. The van der Waals surface area contributed by atoms with Crippen LogP contribution in [0, 0.1) is 0 Å². The summed E-state index contributed by atoms with van der Waals surface area (Å²) in [7, 11) is 1.63. The maximum atomic E-state index is 12.3. The number of amides is 1. The van der Waals surface area contributed by atoms with Gasteiger partial charge in [0.15, 0.2) is 0 Å². The van der Waals surface area contributed by atoms with E-state index >= 15 is 0 Å². The number of para-hydroxylation sites is 3. The van der Waals surface area contributed by atoms with Gasteiger partial charge in [-0.3, -0.25) is 9.59 Å². The number of carbonyl (C=O) groups is 1. The van der Waals surface area contributed by atoms with Gasteiger partial charge in [0.05, 0.1) is 11.2 Å². The predicted molar refractivity (Wildman–Crippen MR) is 85.2 cm³/mol. The van der Waals surface area contributed by atoms with Gasteiger partial charge in [0.1, 0.15) is 11.3 Å². The van der Waals surface area contributed by atoms with Crippen LogP contribution in [-0.4, -0.2) is 15.6 Å². The molecule has 1 amide bonds. The van der Waals surface area contributed by atoms with E-state index in [0.717, 1.165) is 10.9 Å². The molecule has 3 rings (SSSR count). The van der Waals surface area contributed by atoms with Gasteiger partial charge in [-0.15, -0.1) is 0 Å². The summed E-state index contributed by atoms with van der Waals surface area (Å²) in [5.74, 6) is -0.596. The second-order valence-corrected chi connectivity index (χ2v) is 4.95. The number of aryl methyl sites for hydroxylation is 1. The van der Waals surface area contributed by atoms with Crippen molar-refractivity contribution in [2.24, 2.45) is 7.05 Å². The summed E-state index contributed by atoms with van der Waals surface area (Å²) in [5, 5.41) is 13.1. The molecule has 110 valence electrons. The molecule has 0 spiro atoms. The maximum Gasteiger partial charge on any atom is 0.263 e. The second-order valence-electron chi connectivity index (χ2n) is 4.95. The Morgan fingerprint density at radius 2 is 1.77 bits per heavy atom. The lowest BCUT2D eigenvalue weighted by molar-refractivity contribution is 0.102. The van der Waals surface area contributed by atoms with Gasteiger partial charge in [-0.05, 0) is 29.7 Å². The van der Waals surface area contributed by atoms with Crippen LogP contribution < -0.4 is 10.9 Å². The molecule has 0 unspecified atom stereocenters. The average Bonchev–Trinajstić information content (AvgIpc) is 2.53. The van der Waals surface area contributed by atoms with Crippen molar-refractivity contribution < 1.29 is 9.90 Å². The van der Waals surface area contributed by atoms with Crippen molar-refractivity contribution in [1.29, 1.82) is 0 Å². The third-order valence-corrected chi connectivity index (χ3v) is 3.53. The lowest BCUT2D eigenvalue weighted by Crippen LogP contribution is -2.27. The number of rotatable bonds is 2. The van der Waals surface area contributed by atoms with Gasteiger partial charge in [0, 0.05) is 7.05 Å². The molecule has 0 fully saturated rings. The first kappa shape index (κ1) is 13.9. The van der Waals surface area contributed by atoms with Crippen molar-refractivity contribution in [3.8, 4) is 5.75 Å². The first-order valence-corrected chi connectivity index (χ1v) is 6.76. The number of hydrogen-bond acceptors (Lipinski definition) is 3. The molecule has 22 heavy (non-hydrogen) atoms. The van der Waals surface area contributed by atoms with E-state index in [0.29, 0.717) is 0 Å². The van der Waals surface area contributed by atoms with Crippen LogP contribution in [0.1, 0.15) is 10.4 Å². The van der Waals surface area contributed by atoms with E-state index in [-0.39, 0.29) is 22.6 Å². The Hall–Kier alpha value is -3.08. The molecule has 2 aromatic carbocycles. The highest BCUT2D eigenvalue weighted by atomic mass is 16.3. The molecule has 5 heteroatoms. The summed E-state index contributed by atoms with van der Waals surface area (Å²) in [6, 6.07) is 15.3. The van der Waals surface area contributed by atoms with Crippen molar-refractivity contribution >= 4 is 22.5 Å². The summed E-state index contributed by atoms with van der Waals surface area (Å²) >= 11 is 0. The summed E-state index contributed by atoms with van der Waals surface area (Å²) in [4.78, 5) is 24.7. The Balaban J connectivity index is 2.07. The SMILES string of the molecule is Cn1c(=O)c(C(=O)Nc2ccccc2O)cc2ccccc21. The minimum atomic E-state index is -0.548. The molecule has 5 nitrogen and oxygen atoms in total. The van der Waals surface area contributed by atoms with Gasteiger partial charge in [0.25, 0.3) is 11.5 Å². The van der Waals surface area contributed by atoms with Crippen molar-refractivity contribution in [2.45, 2.75) is 0 Å². The number of anilines is 1. The van der Waals surface area contributed by atoms with E-state index in [1.807, 2.05) is 24.3 Å².